The van der Waals surface area contributed by atoms with Crippen molar-refractivity contribution in [1.82, 2.24) is 0 Å². The highest BCUT2D eigenvalue weighted by Crippen LogP contribution is 2.21. The van der Waals surface area contributed by atoms with Crippen LogP contribution in [-0.4, -0.2) is 17.4 Å². The standard InChI is InChI=1S/C14H20FN3O2/c1-8-10(15)6-9(13(16)20)7-11(8)18-12(19)4-5-14(2,3)17/h6-7H,4-5,17H2,1-3H3,(H2,16,20)(H,18,19). The van der Waals surface area contributed by atoms with Crippen LogP contribution in [-0.2, 0) is 4.79 Å². The molecular formula is C14H20FN3O2. The third-order valence-corrected chi connectivity index (χ3v) is 2.90. The molecule has 0 saturated carbocycles. The molecule has 0 bridgehead atoms. The largest absolute Gasteiger partial charge is 0.366 e. The van der Waals surface area contributed by atoms with Crippen LogP contribution in [0.15, 0.2) is 12.1 Å². The minimum atomic E-state index is -0.748. The van der Waals surface area contributed by atoms with Gasteiger partial charge in [-0.1, -0.05) is 0 Å². The van der Waals surface area contributed by atoms with Gasteiger partial charge in [-0.15, -0.1) is 0 Å². The minimum absolute atomic E-state index is 0.0163. The summed E-state index contributed by atoms with van der Waals surface area (Å²) in [5.74, 6) is -1.62. The number of anilines is 1. The molecule has 0 spiro atoms. The van der Waals surface area contributed by atoms with E-state index in [4.69, 9.17) is 11.5 Å². The molecule has 0 aliphatic heterocycles. The van der Waals surface area contributed by atoms with Gasteiger partial charge in [0.2, 0.25) is 11.8 Å². The van der Waals surface area contributed by atoms with E-state index in [1.807, 2.05) is 13.8 Å². The average Bonchev–Trinajstić information content (AvgIpc) is 2.31. The van der Waals surface area contributed by atoms with Crippen molar-refractivity contribution >= 4 is 17.5 Å². The monoisotopic (exact) mass is 281 g/mol. The average molecular weight is 281 g/mol. The molecular weight excluding hydrogens is 261 g/mol. The van der Waals surface area contributed by atoms with Gasteiger partial charge in [0.1, 0.15) is 5.82 Å². The Balaban J connectivity index is 2.86. The Kier molecular flexibility index (Phi) is 4.83. The molecule has 0 fully saturated rings. The summed E-state index contributed by atoms with van der Waals surface area (Å²) in [5.41, 5.74) is 11.0. The number of carbonyl (C=O) groups is 2. The van der Waals surface area contributed by atoms with Crippen molar-refractivity contribution in [2.24, 2.45) is 11.5 Å². The van der Waals surface area contributed by atoms with Crippen LogP contribution < -0.4 is 16.8 Å². The Bertz CT molecular complexity index is 536. The Morgan fingerprint density at radius 3 is 2.45 bits per heavy atom. The van der Waals surface area contributed by atoms with Crippen molar-refractivity contribution in [1.29, 1.82) is 0 Å². The number of nitrogens with two attached hydrogens (primary N) is 2. The highest BCUT2D eigenvalue weighted by Gasteiger charge is 2.16. The SMILES string of the molecule is Cc1c(F)cc(C(N)=O)cc1NC(=O)CCC(C)(C)N. The lowest BCUT2D eigenvalue weighted by Gasteiger charge is -2.18. The van der Waals surface area contributed by atoms with Crippen molar-refractivity contribution in [3.05, 3.63) is 29.1 Å². The molecule has 0 aliphatic carbocycles. The molecule has 1 aromatic carbocycles. The van der Waals surface area contributed by atoms with Gasteiger partial charge in [-0.25, -0.2) is 4.39 Å². The van der Waals surface area contributed by atoms with E-state index in [9.17, 15) is 14.0 Å². The topological polar surface area (TPSA) is 98.2 Å². The third-order valence-electron chi connectivity index (χ3n) is 2.90. The quantitative estimate of drug-likeness (QED) is 0.766. The van der Waals surface area contributed by atoms with Gasteiger partial charge in [0.15, 0.2) is 0 Å². The van der Waals surface area contributed by atoms with E-state index in [2.05, 4.69) is 5.32 Å². The fourth-order valence-corrected chi connectivity index (χ4v) is 1.60. The highest BCUT2D eigenvalue weighted by molar-refractivity contribution is 5.97. The lowest BCUT2D eigenvalue weighted by Crippen LogP contribution is -2.33. The van der Waals surface area contributed by atoms with Gasteiger partial charge in [0.25, 0.3) is 0 Å². The van der Waals surface area contributed by atoms with Gasteiger partial charge < -0.3 is 16.8 Å². The van der Waals surface area contributed by atoms with Gasteiger partial charge in [-0.05, 0) is 39.3 Å². The molecule has 0 atom stereocenters. The van der Waals surface area contributed by atoms with E-state index in [1.54, 1.807) is 0 Å². The van der Waals surface area contributed by atoms with Crippen LogP contribution >= 0.6 is 0 Å². The van der Waals surface area contributed by atoms with Crippen molar-refractivity contribution in [3.63, 3.8) is 0 Å². The molecule has 0 aliphatic rings. The van der Waals surface area contributed by atoms with Gasteiger partial charge >= 0.3 is 0 Å². The van der Waals surface area contributed by atoms with Crippen LogP contribution in [0.1, 0.15) is 42.6 Å². The zero-order chi connectivity index (χ0) is 15.5. The lowest BCUT2D eigenvalue weighted by atomic mass is 10.00. The number of hydrogen-bond donors (Lipinski definition) is 3. The number of halogens is 1. The third kappa shape index (κ3) is 4.62. The van der Waals surface area contributed by atoms with E-state index >= 15 is 0 Å². The Morgan fingerprint density at radius 2 is 1.95 bits per heavy atom. The number of amides is 2. The summed E-state index contributed by atoms with van der Waals surface area (Å²) in [7, 11) is 0. The molecule has 0 unspecified atom stereocenters. The number of rotatable bonds is 5. The molecule has 0 radical (unpaired) electrons. The Hall–Kier alpha value is -1.95. The molecule has 110 valence electrons. The van der Waals surface area contributed by atoms with Crippen molar-refractivity contribution in [2.45, 2.75) is 39.2 Å². The van der Waals surface area contributed by atoms with Gasteiger partial charge in [0, 0.05) is 28.8 Å². The van der Waals surface area contributed by atoms with E-state index in [0.29, 0.717) is 6.42 Å². The Labute approximate surface area is 117 Å². The minimum Gasteiger partial charge on any atom is -0.366 e. The molecule has 6 heteroatoms. The molecule has 0 heterocycles. The van der Waals surface area contributed by atoms with Crippen molar-refractivity contribution < 1.29 is 14.0 Å². The van der Waals surface area contributed by atoms with Crippen LogP contribution in [0.2, 0.25) is 0 Å². The second-order valence-corrected chi connectivity index (χ2v) is 5.53. The zero-order valence-corrected chi connectivity index (χ0v) is 11.9. The summed E-state index contributed by atoms with van der Waals surface area (Å²) in [6, 6.07) is 2.42. The second-order valence-electron chi connectivity index (χ2n) is 5.53. The van der Waals surface area contributed by atoms with Crippen molar-refractivity contribution in [3.8, 4) is 0 Å². The molecule has 0 saturated heterocycles. The second kappa shape index (κ2) is 6.00. The first-order chi connectivity index (χ1) is 9.10. The predicted octanol–water partition coefficient (Wildman–Crippen LogP) is 1.69. The lowest BCUT2D eigenvalue weighted by molar-refractivity contribution is -0.116. The first-order valence-corrected chi connectivity index (χ1v) is 6.29. The molecule has 2 amide bonds. The van der Waals surface area contributed by atoms with Crippen LogP contribution in [0.5, 0.6) is 0 Å². The fraction of sp³-hybridized carbons (Fsp3) is 0.429. The van der Waals surface area contributed by atoms with E-state index in [0.717, 1.165) is 6.07 Å². The summed E-state index contributed by atoms with van der Waals surface area (Å²) in [5, 5.41) is 2.58. The van der Waals surface area contributed by atoms with Crippen LogP contribution in [0.4, 0.5) is 10.1 Å². The fourth-order valence-electron chi connectivity index (χ4n) is 1.60. The maximum absolute atomic E-state index is 13.6. The smallest absolute Gasteiger partial charge is 0.248 e. The van der Waals surface area contributed by atoms with Crippen LogP contribution in [0.25, 0.3) is 0 Å². The molecule has 1 aromatic rings. The predicted molar refractivity (Wildman–Crippen MR) is 75.8 cm³/mol. The number of nitrogens with one attached hydrogen (secondary N) is 1. The van der Waals surface area contributed by atoms with Crippen molar-refractivity contribution in [2.75, 3.05) is 5.32 Å². The van der Waals surface area contributed by atoms with E-state index < -0.39 is 17.3 Å². The summed E-state index contributed by atoms with van der Waals surface area (Å²) >= 11 is 0. The first-order valence-electron chi connectivity index (χ1n) is 6.29. The van der Waals surface area contributed by atoms with Gasteiger partial charge in [0.05, 0.1) is 0 Å². The summed E-state index contributed by atoms with van der Waals surface area (Å²) in [6.45, 7) is 5.15. The van der Waals surface area contributed by atoms with E-state index in [1.165, 1.54) is 13.0 Å². The van der Waals surface area contributed by atoms with Crippen LogP contribution in [0.3, 0.4) is 0 Å². The van der Waals surface area contributed by atoms with Crippen LogP contribution in [0, 0.1) is 12.7 Å². The number of hydrogen-bond acceptors (Lipinski definition) is 3. The molecule has 0 aromatic heterocycles. The van der Waals surface area contributed by atoms with E-state index in [-0.39, 0.29) is 29.1 Å². The molecule has 1 rings (SSSR count). The number of carbonyl (C=O) groups excluding carboxylic acids is 2. The maximum atomic E-state index is 13.6. The summed E-state index contributed by atoms with van der Waals surface area (Å²) < 4.78 is 13.6. The normalized spacial score (nSPS) is 11.2. The summed E-state index contributed by atoms with van der Waals surface area (Å²) in [6.07, 6.45) is 0.710. The zero-order valence-electron chi connectivity index (χ0n) is 11.9. The number of primary amides is 1. The molecule has 20 heavy (non-hydrogen) atoms. The number of benzene rings is 1. The maximum Gasteiger partial charge on any atom is 0.248 e. The van der Waals surface area contributed by atoms with Gasteiger partial charge in [-0.3, -0.25) is 9.59 Å². The first kappa shape index (κ1) is 16.1. The highest BCUT2D eigenvalue weighted by atomic mass is 19.1. The molecule has 5 nitrogen and oxygen atoms in total. The van der Waals surface area contributed by atoms with Gasteiger partial charge in [-0.2, -0.15) is 0 Å². The molecule has 5 N–H and O–H groups in total. The summed E-state index contributed by atoms with van der Waals surface area (Å²) in [4.78, 5) is 22.9. The Morgan fingerprint density at radius 1 is 1.35 bits per heavy atom.